The molecule has 0 bridgehead atoms. The van der Waals surface area contributed by atoms with Crippen LogP contribution >= 0.6 is 11.6 Å². The molecular formula is C17H12ClNO2. The van der Waals surface area contributed by atoms with Crippen molar-refractivity contribution in [3.8, 4) is 11.3 Å². The Morgan fingerprint density at radius 2 is 1.90 bits per heavy atom. The number of nitrogens with zero attached hydrogens (tertiary/aromatic N) is 1. The topological polar surface area (TPSA) is 50.2 Å². The molecule has 0 unspecified atom stereocenters. The van der Waals surface area contributed by atoms with Gasteiger partial charge in [0.1, 0.15) is 0 Å². The number of aryl methyl sites for hydroxylation is 1. The summed E-state index contributed by atoms with van der Waals surface area (Å²) in [5.74, 6) is -0.987. The van der Waals surface area contributed by atoms with E-state index in [1.807, 2.05) is 31.2 Å². The highest BCUT2D eigenvalue weighted by atomic mass is 35.5. The molecule has 4 heteroatoms. The van der Waals surface area contributed by atoms with E-state index in [1.54, 1.807) is 24.3 Å². The summed E-state index contributed by atoms with van der Waals surface area (Å²) < 4.78 is 0. The number of hydrogen-bond donors (Lipinski definition) is 1. The van der Waals surface area contributed by atoms with Crippen molar-refractivity contribution < 1.29 is 9.90 Å². The van der Waals surface area contributed by atoms with Gasteiger partial charge in [-0.3, -0.25) is 0 Å². The standard InChI is InChI=1S/C17H12ClNO2/c1-10-4-2-5-11(8-10)15-9-13(17(20)21)12-6-3-7-14(18)16(12)19-15/h2-9H,1H3,(H,20,21). The summed E-state index contributed by atoms with van der Waals surface area (Å²) >= 11 is 6.17. The second kappa shape index (κ2) is 5.19. The highest BCUT2D eigenvalue weighted by molar-refractivity contribution is 6.35. The average molecular weight is 298 g/mol. The highest BCUT2D eigenvalue weighted by Gasteiger charge is 2.14. The average Bonchev–Trinajstić information content (AvgIpc) is 2.46. The lowest BCUT2D eigenvalue weighted by Gasteiger charge is -2.08. The van der Waals surface area contributed by atoms with Gasteiger partial charge in [-0.1, -0.05) is 47.5 Å². The van der Waals surface area contributed by atoms with Crippen molar-refractivity contribution in [2.45, 2.75) is 6.92 Å². The van der Waals surface area contributed by atoms with Gasteiger partial charge in [0.25, 0.3) is 0 Å². The van der Waals surface area contributed by atoms with Crippen molar-refractivity contribution in [1.29, 1.82) is 0 Å². The van der Waals surface area contributed by atoms with Crippen LogP contribution < -0.4 is 0 Å². The van der Waals surface area contributed by atoms with Crippen molar-refractivity contribution in [2.24, 2.45) is 0 Å². The van der Waals surface area contributed by atoms with E-state index < -0.39 is 5.97 Å². The van der Waals surface area contributed by atoms with Gasteiger partial charge < -0.3 is 5.11 Å². The number of para-hydroxylation sites is 1. The van der Waals surface area contributed by atoms with Gasteiger partial charge >= 0.3 is 5.97 Å². The first kappa shape index (κ1) is 13.6. The van der Waals surface area contributed by atoms with Crippen LogP contribution in [0.25, 0.3) is 22.2 Å². The fourth-order valence-electron chi connectivity index (χ4n) is 2.34. The Balaban J connectivity index is 2.35. The van der Waals surface area contributed by atoms with Crippen LogP contribution in [0.5, 0.6) is 0 Å². The van der Waals surface area contributed by atoms with Gasteiger partial charge in [-0.25, -0.2) is 9.78 Å². The van der Waals surface area contributed by atoms with Crippen molar-refractivity contribution in [1.82, 2.24) is 4.98 Å². The Labute approximate surface area is 126 Å². The molecule has 104 valence electrons. The third kappa shape index (κ3) is 2.48. The first-order chi connectivity index (χ1) is 10.1. The van der Waals surface area contributed by atoms with Crippen molar-refractivity contribution in [2.75, 3.05) is 0 Å². The maximum Gasteiger partial charge on any atom is 0.336 e. The molecule has 2 aromatic carbocycles. The zero-order valence-electron chi connectivity index (χ0n) is 11.3. The number of aromatic carboxylic acids is 1. The van der Waals surface area contributed by atoms with Crippen LogP contribution in [0.4, 0.5) is 0 Å². The molecule has 0 aliphatic heterocycles. The number of benzene rings is 2. The van der Waals surface area contributed by atoms with Crippen molar-refractivity contribution in [3.05, 3.63) is 64.7 Å². The molecule has 1 aromatic heterocycles. The molecule has 21 heavy (non-hydrogen) atoms. The molecule has 1 heterocycles. The third-order valence-corrected chi connectivity index (χ3v) is 3.64. The Hall–Kier alpha value is -2.39. The second-order valence-corrected chi connectivity index (χ2v) is 5.27. The number of carboxylic acid groups (broad SMARTS) is 1. The van der Waals surface area contributed by atoms with Gasteiger partial charge in [0.2, 0.25) is 0 Å². The molecule has 0 saturated carbocycles. The Bertz CT molecular complexity index is 859. The fourth-order valence-corrected chi connectivity index (χ4v) is 2.56. The van der Waals surface area contributed by atoms with Crippen molar-refractivity contribution >= 4 is 28.5 Å². The molecular weight excluding hydrogens is 286 g/mol. The smallest absolute Gasteiger partial charge is 0.336 e. The van der Waals surface area contributed by atoms with Crippen molar-refractivity contribution in [3.63, 3.8) is 0 Å². The van der Waals surface area contributed by atoms with E-state index in [9.17, 15) is 9.90 Å². The highest BCUT2D eigenvalue weighted by Crippen LogP contribution is 2.29. The van der Waals surface area contributed by atoms with Crippen LogP contribution in [0.1, 0.15) is 15.9 Å². The number of hydrogen-bond acceptors (Lipinski definition) is 2. The van der Waals surface area contributed by atoms with Gasteiger partial charge in [0, 0.05) is 10.9 Å². The first-order valence-electron chi connectivity index (χ1n) is 6.46. The molecule has 1 N–H and O–H groups in total. The number of carbonyl (C=O) groups is 1. The lowest BCUT2D eigenvalue weighted by Crippen LogP contribution is -2.00. The summed E-state index contributed by atoms with van der Waals surface area (Å²) in [4.78, 5) is 16.0. The van der Waals surface area contributed by atoms with Gasteiger partial charge in [-0.05, 0) is 25.1 Å². The summed E-state index contributed by atoms with van der Waals surface area (Å²) in [6.45, 7) is 1.98. The lowest BCUT2D eigenvalue weighted by atomic mass is 10.0. The zero-order chi connectivity index (χ0) is 15.0. The first-order valence-corrected chi connectivity index (χ1v) is 6.83. The van der Waals surface area contributed by atoms with E-state index in [-0.39, 0.29) is 5.56 Å². The van der Waals surface area contributed by atoms with Gasteiger partial charge in [0.15, 0.2) is 0 Å². The minimum atomic E-state index is -0.987. The quantitative estimate of drug-likeness (QED) is 0.754. The zero-order valence-corrected chi connectivity index (χ0v) is 12.1. The summed E-state index contributed by atoms with van der Waals surface area (Å²) in [7, 11) is 0. The molecule has 0 atom stereocenters. The van der Waals surface area contributed by atoms with Crippen LogP contribution in [0.2, 0.25) is 5.02 Å². The van der Waals surface area contributed by atoms with Crippen LogP contribution in [0, 0.1) is 6.92 Å². The number of halogens is 1. The van der Waals surface area contributed by atoms with Gasteiger partial charge in [-0.2, -0.15) is 0 Å². The second-order valence-electron chi connectivity index (χ2n) is 4.87. The van der Waals surface area contributed by atoms with E-state index in [1.165, 1.54) is 0 Å². The molecule has 0 amide bonds. The van der Waals surface area contributed by atoms with Crippen LogP contribution in [0.3, 0.4) is 0 Å². The molecule has 0 saturated heterocycles. The summed E-state index contributed by atoms with van der Waals surface area (Å²) in [5.41, 5.74) is 3.29. The number of carboxylic acids is 1. The summed E-state index contributed by atoms with van der Waals surface area (Å²) in [5, 5.41) is 10.4. The number of aromatic nitrogens is 1. The molecule has 0 aliphatic rings. The molecule has 3 rings (SSSR count). The fraction of sp³-hybridized carbons (Fsp3) is 0.0588. The third-order valence-electron chi connectivity index (χ3n) is 3.33. The van der Waals surface area contributed by atoms with E-state index in [0.29, 0.717) is 21.6 Å². The van der Waals surface area contributed by atoms with Crippen LogP contribution in [-0.4, -0.2) is 16.1 Å². The predicted molar refractivity (Wildman–Crippen MR) is 83.9 cm³/mol. The maximum atomic E-state index is 11.5. The Morgan fingerprint density at radius 1 is 1.14 bits per heavy atom. The van der Waals surface area contributed by atoms with E-state index in [2.05, 4.69) is 4.98 Å². The Morgan fingerprint density at radius 3 is 2.62 bits per heavy atom. The molecule has 0 fully saturated rings. The van der Waals surface area contributed by atoms with Crippen LogP contribution in [-0.2, 0) is 0 Å². The molecule has 3 aromatic rings. The molecule has 0 spiro atoms. The Kier molecular flexibility index (Phi) is 3.35. The molecule has 0 aliphatic carbocycles. The normalized spacial score (nSPS) is 10.8. The van der Waals surface area contributed by atoms with E-state index in [0.717, 1.165) is 11.1 Å². The van der Waals surface area contributed by atoms with E-state index in [4.69, 9.17) is 11.6 Å². The largest absolute Gasteiger partial charge is 0.478 e. The van der Waals surface area contributed by atoms with Gasteiger partial charge in [-0.15, -0.1) is 0 Å². The minimum Gasteiger partial charge on any atom is -0.478 e. The van der Waals surface area contributed by atoms with Gasteiger partial charge in [0.05, 0.1) is 21.8 Å². The number of pyridine rings is 1. The van der Waals surface area contributed by atoms with Crippen LogP contribution in [0.15, 0.2) is 48.5 Å². The SMILES string of the molecule is Cc1cccc(-c2cc(C(=O)O)c3cccc(Cl)c3n2)c1. The maximum absolute atomic E-state index is 11.5. The lowest BCUT2D eigenvalue weighted by molar-refractivity contribution is 0.0699. The number of fused-ring (bicyclic) bond motifs is 1. The summed E-state index contributed by atoms with van der Waals surface area (Å²) in [6, 6.07) is 14.5. The summed E-state index contributed by atoms with van der Waals surface area (Å²) in [6.07, 6.45) is 0. The molecule has 3 nitrogen and oxygen atoms in total. The predicted octanol–water partition coefficient (Wildman–Crippen LogP) is 4.56. The van der Waals surface area contributed by atoms with E-state index >= 15 is 0 Å². The monoisotopic (exact) mass is 297 g/mol. The molecule has 0 radical (unpaired) electrons. The minimum absolute atomic E-state index is 0.207. The number of rotatable bonds is 2.